The maximum Gasteiger partial charge on any atom is 0.235 e. The van der Waals surface area contributed by atoms with Gasteiger partial charge in [0.1, 0.15) is 0 Å². The van der Waals surface area contributed by atoms with Crippen LogP contribution < -0.4 is 15.3 Å². The van der Waals surface area contributed by atoms with Crippen molar-refractivity contribution in [3.63, 3.8) is 0 Å². The number of anilines is 2. The number of hydrogen-bond acceptors (Lipinski definition) is 4. The van der Waals surface area contributed by atoms with Crippen molar-refractivity contribution in [3.05, 3.63) is 169 Å². The van der Waals surface area contributed by atoms with Gasteiger partial charge in [-0.05, 0) is 46.1 Å². The van der Waals surface area contributed by atoms with Crippen molar-refractivity contribution in [1.29, 1.82) is 0 Å². The maximum atomic E-state index is 9.11. The molecule has 252 valence electrons. The highest BCUT2D eigenvalue weighted by molar-refractivity contribution is 7.75. The van der Waals surface area contributed by atoms with Gasteiger partial charge in [0.15, 0.2) is 0 Å². The molecule has 3 nitrogen and oxygen atoms in total. The van der Waals surface area contributed by atoms with Crippen LogP contribution in [0.5, 0.6) is 0 Å². The van der Waals surface area contributed by atoms with Crippen LogP contribution in [-0.2, 0) is 0 Å². The predicted octanol–water partition coefficient (Wildman–Crippen LogP) is 13.1. The summed E-state index contributed by atoms with van der Waals surface area (Å²) < 4.78 is 32.0. The molecule has 8 aromatic carbocycles. The molecule has 2 aromatic heterocycles. The van der Waals surface area contributed by atoms with Crippen LogP contribution >= 0.6 is 19.4 Å². The van der Waals surface area contributed by atoms with Crippen LogP contribution in [0.1, 0.15) is 17.1 Å². The van der Waals surface area contributed by atoms with E-state index >= 15 is 0 Å². The minimum Gasteiger partial charge on any atom is -0.278 e. The van der Waals surface area contributed by atoms with Crippen molar-refractivity contribution >= 4 is 94.3 Å². The van der Waals surface area contributed by atoms with Crippen molar-refractivity contribution in [3.8, 4) is 22.4 Å². The number of para-hydroxylation sites is 1. The SMILES string of the molecule is C.[2H]C([2H])([2H])c1cc2ccccc2c2c1P(c1ccccc1)N(c1nc(-c3ccccc3)c3ccccc3n1)c1c-2c2ccccc2c2c1sc1ccccc12. The highest BCUT2D eigenvalue weighted by Gasteiger charge is 2.40. The first-order valence-electron chi connectivity index (χ1n) is 18.9. The molecule has 0 bridgehead atoms. The van der Waals surface area contributed by atoms with E-state index in [4.69, 9.17) is 14.1 Å². The lowest BCUT2D eigenvalue weighted by molar-refractivity contribution is 1.17. The number of nitrogens with zero attached hydrogens (tertiary/aromatic N) is 3. The van der Waals surface area contributed by atoms with Crippen LogP contribution in [0.3, 0.4) is 0 Å². The molecule has 0 spiro atoms. The molecular formula is C48H34N3PS. The molecule has 0 radical (unpaired) electrons. The fraction of sp³-hybridized carbons (Fsp3) is 0.0417. The molecule has 5 heteroatoms. The highest BCUT2D eigenvalue weighted by Crippen LogP contribution is 2.62. The van der Waals surface area contributed by atoms with Crippen LogP contribution in [0, 0.1) is 6.85 Å². The summed E-state index contributed by atoms with van der Waals surface area (Å²) in [6.45, 7) is -2.40. The molecule has 0 saturated heterocycles. The first kappa shape index (κ1) is 28.6. The number of rotatable bonds is 3. The monoisotopic (exact) mass is 718 g/mol. The molecule has 11 rings (SSSR count). The number of benzene rings is 8. The van der Waals surface area contributed by atoms with Gasteiger partial charge in [-0.25, -0.2) is 9.97 Å². The molecule has 3 heterocycles. The lowest BCUT2D eigenvalue weighted by Crippen LogP contribution is -2.33. The van der Waals surface area contributed by atoms with Crippen molar-refractivity contribution in [2.75, 3.05) is 4.67 Å². The van der Waals surface area contributed by atoms with Crippen LogP contribution in [-0.4, -0.2) is 9.97 Å². The van der Waals surface area contributed by atoms with Crippen LogP contribution in [0.15, 0.2) is 164 Å². The Balaban J connectivity index is 0.00000384. The van der Waals surface area contributed by atoms with E-state index in [1.165, 1.54) is 15.5 Å². The second-order valence-corrected chi connectivity index (χ2v) is 16.2. The Morgan fingerprint density at radius 1 is 0.604 bits per heavy atom. The minimum atomic E-state index is -2.40. The third-order valence-electron chi connectivity index (χ3n) is 10.2. The van der Waals surface area contributed by atoms with E-state index in [-0.39, 0.29) is 7.43 Å². The van der Waals surface area contributed by atoms with Crippen molar-refractivity contribution in [2.45, 2.75) is 14.3 Å². The Bertz CT molecular complexity index is 3160. The molecule has 10 aromatic rings. The zero-order valence-electron chi connectivity index (χ0n) is 30.8. The van der Waals surface area contributed by atoms with Crippen LogP contribution in [0.25, 0.3) is 75.0 Å². The Morgan fingerprint density at radius 3 is 2.04 bits per heavy atom. The molecule has 1 aliphatic rings. The lowest BCUT2D eigenvalue weighted by atomic mass is 9.89. The molecule has 1 unspecified atom stereocenters. The number of aryl methyl sites for hydroxylation is 1. The Hall–Kier alpha value is -5.93. The first-order valence-corrected chi connectivity index (χ1v) is 19.5. The van der Waals surface area contributed by atoms with Gasteiger partial charge in [-0.3, -0.25) is 4.67 Å². The minimum absolute atomic E-state index is 0. The summed E-state index contributed by atoms with van der Waals surface area (Å²) >= 11 is 1.78. The molecule has 0 amide bonds. The summed E-state index contributed by atoms with van der Waals surface area (Å²) in [5.41, 5.74) is 6.01. The van der Waals surface area contributed by atoms with E-state index in [2.05, 4.69) is 95.7 Å². The standard InChI is InChI=1S/C47H30N3PS.CH4/c1-29-28-31-18-8-9-21-33(31)42-41-35-23-11-10-22-34(35)40-37-25-13-15-27-39(37)52-46(40)44(41)50(51(45(29)42)32-19-6-3-7-20-32)47-48-38-26-14-12-24-36(38)43(49-47)30-16-4-2-5-17-30;/h2-28H,1H3;1H4/i1D3;. The summed E-state index contributed by atoms with van der Waals surface area (Å²) in [5, 5.41) is 9.32. The first-order chi connectivity index (χ1) is 27.0. The van der Waals surface area contributed by atoms with E-state index in [1.54, 1.807) is 11.3 Å². The Kier molecular flexibility index (Phi) is 6.67. The fourth-order valence-corrected chi connectivity index (χ4v) is 12.0. The normalized spacial score (nSPS) is 14.8. The Labute approximate surface area is 317 Å². The molecule has 53 heavy (non-hydrogen) atoms. The molecule has 1 aliphatic heterocycles. The maximum absolute atomic E-state index is 9.11. The number of thiophene rings is 1. The van der Waals surface area contributed by atoms with E-state index in [0.29, 0.717) is 11.5 Å². The van der Waals surface area contributed by atoms with Gasteiger partial charge < -0.3 is 0 Å². The van der Waals surface area contributed by atoms with Crippen LogP contribution in [0.4, 0.5) is 11.6 Å². The summed E-state index contributed by atoms with van der Waals surface area (Å²) in [5.74, 6) is 0.540. The van der Waals surface area contributed by atoms with Crippen LogP contribution in [0.2, 0.25) is 0 Å². The van der Waals surface area contributed by atoms with E-state index in [1.807, 2.05) is 72.8 Å². The molecule has 0 aliphatic carbocycles. The fourth-order valence-electron chi connectivity index (χ4n) is 8.08. The summed E-state index contributed by atoms with van der Waals surface area (Å²) in [4.78, 5) is 11.0. The lowest BCUT2D eigenvalue weighted by Gasteiger charge is -2.41. The third kappa shape index (κ3) is 4.69. The quantitative estimate of drug-likeness (QED) is 0.170. The van der Waals surface area contributed by atoms with Gasteiger partial charge >= 0.3 is 0 Å². The molecule has 0 N–H and O–H groups in total. The van der Waals surface area contributed by atoms with Gasteiger partial charge in [-0.2, -0.15) is 0 Å². The largest absolute Gasteiger partial charge is 0.278 e. The average molecular weight is 719 g/mol. The van der Waals surface area contributed by atoms with Gasteiger partial charge in [-0.1, -0.05) is 159 Å². The number of aromatic nitrogens is 2. The van der Waals surface area contributed by atoms with Gasteiger partial charge in [0.2, 0.25) is 5.95 Å². The zero-order valence-corrected chi connectivity index (χ0v) is 29.5. The highest BCUT2D eigenvalue weighted by atomic mass is 32.1. The van der Waals surface area contributed by atoms with Crippen molar-refractivity contribution in [1.82, 2.24) is 9.97 Å². The second-order valence-electron chi connectivity index (χ2n) is 13.2. The molecule has 0 saturated carbocycles. The summed E-state index contributed by atoms with van der Waals surface area (Å²) in [6.07, 6.45) is 0. The average Bonchev–Trinajstić information content (AvgIpc) is 3.62. The number of hydrogen-bond donors (Lipinski definition) is 0. The Morgan fingerprint density at radius 2 is 1.25 bits per heavy atom. The predicted molar refractivity (Wildman–Crippen MR) is 231 cm³/mol. The van der Waals surface area contributed by atoms with E-state index < -0.39 is 14.9 Å². The molecule has 0 fully saturated rings. The molecular weight excluding hydrogens is 682 g/mol. The second kappa shape index (κ2) is 12.3. The van der Waals surface area contributed by atoms with Gasteiger partial charge in [0, 0.05) is 52.3 Å². The van der Waals surface area contributed by atoms with Gasteiger partial charge in [-0.15, -0.1) is 11.3 Å². The van der Waals surface area contributed by atoms with Gasteiger partial charge in [0.25, 0.3) is 0 Å². The molecule has 1 atom stereocenters. The third-order valence-corrected chi connectivity index (χ3v) is 13.9. The van der Waals surface area contributed by atoms with E-state index in [0.717, 1.165) is 75.8 Å². The number of fused-ring (bicyclic) bond motifs is 13. The summed E-state index contributed by atoms with van der Waals surface area (Å²) in [7, 11) is -1.61. The van der Waals surface area contributed by atoms with Gasteiger partial charge in [0.05, 0.1) is 29.7 Å². The summed E-state index contributed by atoms with van der Waals surface area (Å²) in [6, 6.07) is 56.2. The van der Waals surface area contributed by atoms with Crippen molar-refractivity contribution < 1.29 is 4.11 Å². The van der Waals surface area contributed by atoms with E-state index in [9.17, 15) is 0 Å². The zero-order chi connectivity index (χ0) is 36.8. The van der Waals surface area contributed by atoms with Crippen molar-refractivity contribution in [2.24, 2.45) is 0 Å². The topological polar surface area (TPSA) is 29.0 Å². The smallest absolute Gasteiger partial charge is 0.235 e.